The molecule has 0 aromatic heterocycles. The summed E-state index contributed by atoms with van der Waals surface area (Å²) < 4.78 is 0. The second-order valence-electron chi connectivity index (χ2n) is 2.97. The Labute approximate surface area is 94.6 Å². The van der Waals surface area contributed by atoms with Crippen molar-refractivity contribution in [2.75, 3.05) is 11.2 Å². The zero-order valence-electron chi connectivity index (χ0n) is 8.51. The van der Waals surface area contributed by atoms with Gasteiger partial charge in [0, 0.05) is 24.8 Å². The number of hydrogen-bond donors (Lipinski definition) is 1. The van der Waals surface area contributed by atoms with Crippen LogP contribution in [0.25, 0.3) is 0 Å². The van der Waals surface area contributed by atoms with Gasteiger partial charge in [0.2, 0.25) is 5.91 Å². The smallest absolute Gasteiger partial charge is 0.221 e. The summed E-state index contributed by atoms with van der Waals surface area (Å²) in [6.45, 7) is 1.48. The van der Waals surface area contributed by atoms with Crippen LogP contribution in [0.4, 0.5) is 5.69 Å². The first-order chi connectivity index (χ1) is 7.24. The number of para-hydroxylation sites is 1. The molecule has 1 rings (SSSR count). The fraction of sp³-hybridized carbons (Fsp3) is 0.250. The second kappa shape index (κ2) is 6.10. The number of carbonyl (C=O) groups is 1. The minimum atomic E-state index is -0.0957. The summed E-state index contributed by atoms with van der Waals surface area (Å²) in [5.74, 6) is 6.33. The van der Waals surface area contributed by atoms with E-state index in [1.54, 1.807) is 0 Å². The van der Waals surface area contributed by atoms with E-state index in [-0.39, 0.29) is 5.91 Å². The summed E-state index contributed by atoms with van der Waals surface area (Å²) in [6, 6.07) is 7.44. The molecule has 0 saturated carbocycles. The summed E-state index contributed by atoms with van der Waals surface area (Å²) in [6.07, 6.45) is 0.649. The number of alkyl halides is 1. The first-order valence-electron chi connectivity index (χ1n) is 4.65. The molecule has 0 radical (unpaired) electrons. The van der Waals surface area contributed by atoms with Crippen LogP contribution in [0.3, 0.4) is 0 Å². The number of carbonyl (C=O) groups excluding carboxylic acids is 1. The third kappa shape index (κ3) is 4.05. The minimum Gasteiger partial charge on any atom is -0.325 e. The summed E-state index contributed by atoms with van der Waals surface area (Å²) >= 11 is 5.52. The van der Waals surface area contributed by atoms with Gasteiger partial charge in [-0.05, 0) is 12.1 Å². The van der Waals surface area contributed by atoms with Crippen LogP contribution in [-0.2, 0) is 4.79 Å². The standard InChI is InChI=1S/C12H12ClNO/c1-10(15)14-12-8-3-2-6-11(12)7-4-5-9-13/h2-3,6,8H,5,9H2,1H3,(H,14,15). The van der Waals surface area contributed by atoms with Gasteiger partial charge in [0.25, 0.3) is 0 Å². The predicted molar refractivity (Wildman–Crippen MR) is 63.0 cm³/mol. The van der Waals surface area contributed by atoms with Gasteiger partial charge >= 0.3 is 0 Å². The highest BCUT2D eigenvalue weighted by atomic mass is 35.5. The number of anilines is 1. The Morgan fingerprint density at radius 2 is 2.20 bits per heavy atom. The predicted octanol–water partition coefficient (Wildman–Crippen LogP) is 2.63. The largest absolute Gasteiger partial charge is 0.325 e. The molecule has 0 unspecified atom stereocenters. The molecule has 0 spiro atoms. The monoisotopic (exact) mass is 221 g/mol. The topological polar surface area (TPSA) is 29.1 Å². The average molecular weight is 222 g/mol. The molecule has 15 heavy (non-hydrogen) atoms. The van der Waals surface area contributed by atoms with Gasteiger partial charge in [0.05, 0.1) is 5.69 Å². The van der Waals surface area contributed by atoms with Crippen LogP contribution >= 0.6 is 11.6 Å². The molecule has 0 atom stereocenters. The molecule has 2 nitrogen and oxygen atoms in total. The number of rotatable bonds is 2. The summed E-state index contributed by atoms with van der Waals surface area (Å²) in [7, 11) is 0. The molecule has 3 heteroatoms. The Morgan fingerprint density at radius 3 is 2.87 bits per heavy atom. The Kier molecular flexibility index (Phi) is 4.73. The van der Waals surface area contributed by atoms with Gasteiger partial charge in [-0.3, -0.25) is 4.79 Å². The average Bonchev–Trinajstić information content (AvgIpc) is 2.20. The normalized spacial score (nSPS) is 8.93. The molecule has 0 aliphatic heterocycles. The maximum absolute atomic E-state index is 10.9. The van der Waals surface area contributed by atoms with Crippen LogP contribution in [-0.4, -0.2) is 11.8 Å². The van der Waals surface area contributed by atoms with E-state index in [9.17, 15) is 4.79 Å². The Morgan fingerprint density at radius 1 is 1.47 bits per heavy atom. The molecule has 78 valence electrons. The van der Waals surface area contributed by atoms with E-state index in [2.05, 4.69) is 17.2 Å². The Hall–Kier alpha value is -1.46. The van der Waals surface area contributed by atoms with Gasteiger partial charge in [-0.2, -0.15) is 0 Å². The summed E-state index contributed by atoms with van der Waals surface area (Å²) in [4.78, 5) is 10.9. The van der Waals surface area contributed by atoms with Gasteiger partial charge in [-0.25, -0.2) is 0 Å². The van der Waals surface area contributed by atoms with Crippen molar-refractivity contribution in [2.24, 2.45) is 0 Å². The number of halogens is 1. The van der Waals surface area contributed by atoms with E-state index in [0.717, 1.165) is 11.3 Å². The first kappa shape index (κ1) is 11.6. The van der Waals surface area contributed by atoms with Crippen molar-refractivity contribution in [3.63, 3.8) is 0 Å². The molecule has 0 heterocycles. The van der Waals surface area contributed by atoms with Crippen LogP contribution in [0, 0.1) is 11.8 Å². The lowest BCUT2D eigenvalue weighted by Crippen LogP contribution is -2.06. The van der Waals surface area contributed by atoms with Crippen molar-refractivity contribution in [1.82, 2.24) is 0 Å². The van der Waals surface area contributed by atoms with E-state index >= 15 is 0 Å². The minimum absolute atomic E-state index is 0.0957. The van der Waals surface area contributed by atoms with E-state index in [4.69, 9.17) is 11.6 Å². The van der Waals surface area contributed by atoms with Crippen LogP contribution < -0.4 is 5.32 Å². The van der Waals surface area contributed by atoms with Crippen LogP contribution in [0.5, 0.6) is 0 Å². The van der Waals surface area contributed by atoms with Crippen molar-refractivity contribution in [1.29, 1.82) is 0 Å². The second-order valence-corrected chi connectivity index (χ2v) is 3.35. The highest BCUT2D eigenvalue weighted by Gasteiger charge is 1.99. The molecule has 1 aromatic carbocycles. The van der Waals surface area contributed by atoms with Crippen molar-refractivity contribution in [3.8, 4) is 11.8 Å². The van der Waals surface area contributed by atoms with Gasteiger partial charge in [0.15, 0.2) is 0 Å². The lowest BCUT2D eigenvalue weighted by molar-refractivity contribution is -0.114. The molecule has 1 aromatic rings. The quantitative estimate of drug-likeness (QED) is 0.604. The number of benzene rings is 1. The lowest BCUT2D eigenvalue weighted by Gasteiger charge is -2.03. The van der Waals surface area contributed by atoms with E-state index in [1.165, 1.54) is 6.92 Å². The van der Waals surface area contributed by atoms with Gasteiger partial charge in [-0.15, -0.1) is 11.6 Å². The molecular weight excluding hydrogens is 210 g/mol. The first-order valence-corrected chi connectivity index (χ1v) is 5.19. The van der Waals surface area contributed by atoms with Gasteiger partial charge < -0.3 is 5.32 Å². The maximum atomic E-state index is 10.9. The van der Waals surface area contributed by atoms with Crippen molar-refractivity contribution < 1.29 is 4.79 Å². The summed E-state index contributed by atoms with van der Waals surface area (Å²) in [5.41, 5.74) is 1.56. The SMILES string of the molecule is CC(=O)Nc1ccccc1C#CCCCl. The lowest BCUT2D eigenvalue weighted by atomic mass is 10.2. The molecule has 1 amide bonds. The van der Waals surface area contributed by atoms with Gasteiger partial charge in [-0.1, -0.05) is 24.0 Å². The maximum Gasteiger partial charge on any atom is 0.221 e. The molecule has 1 N–H and O–H groups in total. The third-order valence-electron chi connectivity index (χ3n) is 1.68. The highest BCUT2D eigenvalue weighted by Crippen LogP contribution is 2.13. The molecule has 0 aliphatic carbocycles. The van der Waals surface area contributed by atoms with Crippen molar-refractivity contribution in [3.05, 3.63) is 29.8 Å². The van der Waals surface area contributed by atoms with Crippen LogP contribution in [0.1, 0.15) is 18.9 Å². The highest BCUT2D eigenvalue weighted by molar-refractivity contribution is 6.18. The Balaban J connectivity index is 2.87. The van der Waals surface area contributed by atoms with Crippen molar-refractivity contribution >= 4 is 23.2 Å². The zero-order chi connectivity index (χ0) is 11.1. The molecule has 0 bridgehead atoms. The van der Waals surface area contributed by atoms with Crippen LogP contribution in [0.15, 0.2) is 24.3 Å². The fourth-order valence-electron chi connectivity index (χ4n) is 1.10. The number of amides is 1. The fourth-order valence-corrected chi connectivity index (χ4v) is 1.19. The summed E-state index contributed by atoms with van der Waals surface area (Å²) in [5, 5.41) is 2.73. The van der Waals surface area contributed by atoms with E-state index in [1.807, 2.05) is 24.3 Å². The Bertz CT molecular complexity index is 404. The van der Waals surface area contributed by atoms with Crippen LogP contribution in [0.2, 0.25) is 0 Å². The number of nitrogens with one attached hydrogen (secondary N) is 1. The van der Waals surface area contributed by atoms with Gasteiger partial charge in [0.1, 0.15) is 0 Å². The zero-order valence-corrected chi connectivity index (χ0v) is 9.27. The molecule has 0 aliphatic rings. The molecule has 0 saturated heterocycles. The molecule has 0 fully saturated rings. The van der Waals surface area contributed by atoms with E-state index < -0.39 is 0 Å². The van der Waals surface area contributed by atoms with E-state index in [0.29, 0.717) is 12.3 Å². The molecular formula is C12H12ClNO. The number of hydrogen-bond acceptors (Lipinski definition) is 1. The third-order valence-corrected chi connectivity index (χ3v) is 1.87. The van der Waals surface area contributed by atoms with Crippen molar-refractivity contribution in [2.45, 2.75) is 13.3 Å².